The van der Waals surface area contributed by atoms with Gasteiger partial charge in [-0.25, -0.2) is 0 Å². The van der Waals surface area contributed by atoms with E-state index in [2.05, 4.69) is 223 Å². The lowest BCUT2D eigenvalue weighted by Gasteiger charge is -2.45. The van der Waals surface area contributed by atoms with E-state index in [-0.39, 0.29) is 33.8 Å². The van der Waals surface area contributed by atoms with Gasteiger partial charge in [0.2, 0.25) is 0 Å². The fourth-order valence-corrected chi connectivity index (χ4v) is 11.8. The number of furan rings is 1. The van der Waals surface area contributed by atoms with Crippen molar-refractivity contribution in [2.45, 2.75) is 156 Å². The molecule has 5 heteroatoms. The zero-order valence-electron chi connectivity index (χ0n) is 41.5. The van der Waals surface area contributed by atoms with E-state index in [0.29, 0.717) is 0 Å². The predicted octanol–water partition coefficient (Wildman–Crippen LogP) is 14.1. The van der Waals surface area contributed by atoms with Gasteiger partial charge in [0.05, 0.1) is 25.1 Å². The van der Waals surface area contributed by atoms with E-state index in [9.17, 15) is 0 Å². The van der Waals surface area contributed by atoms with Crippen molar-refractivity contribution in [3.63, 3.8) is 0 Å². The highest BCUT2D eigenvalue weighted by atomic mass is 28.3. The second-order valence-corrected chi connectivity index (χ2v) is 29.8. The first-order valence-corrected chi connectivity index (χ1v) is 27.1. The highest BCUT2D eigenvalue weighted by Gasteiger charge is 2.52. The van der Waals surface area contributed by atoms with E-state index in [1.807, 2.05) is 0 Å². The van der Waals surface area contributed by atoms with Gasteiger partial charge in [-0.05, 0) is 123 Å². The molecule has 0 bridgehead atoms. The molecule has 0 atom stereocenters. The van der Waals surface area contributed by atoms with Gasteiger partial charge in [-0.3, -0.25) is 0 Å². The zero-order chi connectivity index (χ0) is 45.6. The summed E-state index contributed by atoms with van der Waals surface area (Å²) >= 11 is 0. The van der Waals surface area contributed by atoms with Crippen LogP contribution in [0.15, 0.2) is 101 Å². The third-order valence-electron chi connectivity index (χ3n) is 14.7. The molecule has 0 amide bonds. The van der Waals surface area contributed by atoms with Crippen LogP contribution in [-0.2, 0) is 27.1 Å². The molecule has 3 nitrogen and oxygen atoms in total. The molecule has 3 aliphatic rings. The van der Waals surface area contributed by atoms with Gasteiger partial charge >= 0.3 is 0 Å². The van der Waals surface area contributed by atoms with E-state index in [1.165, 1.54) is 89.2 Å². The van der Waals surface area contributed by atoms with Crippen LogP contribution in [0, 0.1) is 6.92 Å². The average molecular weight is 851 g/mol. The lowest BCUT2D eigenvalue weighted by molar-refractivity contribution is 0.282. The maximum atomic E-state index is 7.64. The van der Waals surface area contributed by atoms with E-state index >= 15 is 0 Å². The zero-order valence-corrected chi connectivity index (χ0v) is 42.5. The standard InChI is InChI=1S/C58H71BN2OSi/c1-36-32-47-50-48(33-36)61(45-28-22-39(55(5,6)7)34-43(45)37-18-26-42(27-19-37)63(15,16)17)46-29-23-40(56(8,9)10)35-44(46)59(50)53-51(49-52(62-53)58(13,14)31-30-57(49,11)12)60(47)41-24-20-38(21-25-41)54(2,3)4/h18-29,32-35H,30-31H2,1-17H3. The summed E-state index contributed by atoms with van der Waals surface area (Å²) < 4.78 is 7.64. The molecule has 0 saturated heterocycles. The Bertz CT molecular complexity index is 2780. The summed E-state index contributed by atoms with van der Waals surface area (Å²) in [7, 11) is -1.50. The number of nitrogens with zero attached hydrogens (tertiary/aromatic N) is 2. The third-order valence-corrected chi connectivity index (χ3v) is 16.8. The van der Waals surface area contributed by atoms with Crippen molar-refractivity contribution in [3.8, 4) is 11.1 Å². The second kappa shape index (κ2) is 14.1. The van der Waals surface area contributed by atoms with Crippen LogP contribution in [0.4, 0.5) is 34.1 Å². The summed E-state index contributed by atoms with van der Waals surface area (Å²) in [4.78, 5) is 5.21. The lowest BCUT2D eigenvalue weighted by atomic mass is 9.35. The molecule has 0 unspecified atom stereocenters. The van der Waals surface area contributed by atoms with Crippen molar-refractivity contribution >= 4 is 70.7 Å². The number of fused-ring (bicyclic) bond motifs is 6. The van der Waals surface area contributed by atoms with Gasteiger partial charge in [-0.15, -0.1) is 0 Å². The Morgan fingerprint density at radius 3 is 1.67 bits per heavy atom. The minimum atomic E-state index is -1.50. The average Bonchev–Trinajstić information content (AvgIpc) is 3.61. The summed E-state index contributed by atoms with van der Waals surface area (Å²) in [5.41, 5.74) is 20.0. The minimum absolute atomic E-state index is 0.0139. The van der Waals surface area contributed by atoms with Gasteiger partial charge in [0.25, 0.3) is 6.71 Å². The Labute approximate surface area is 381 Å². The van der Waals surface area contributed by atoms with Crippen LogP contribution < -0.4 is 31.6 Å². The van der Waals surface area contributed by atoms with Crippen LogP contribution in [0.3, 0.4) is 0 Å². The molecule has 9 rings (SSSR count). The summed E-state index contributed by atoms with van der Waals surface area (Å²) in [6.07, 6.45) is 2.20. The molecule has 2 aliphatic heterocycles. The summed E-state index contributed by atoms with van der Waals surface area (Å²) in [6.45, 7) is 40.1. The number of anilines is 6. The van der Waals surface area contributed by atoms with Crippen LogP contribution in [0.2, 0.25) is 19.6 Å². The predicted molar refractivity (Wildman–Crippen MR) is 277 cm³/mol. The minimum Gasteiger partial charge on any atom is -0.472 e. The Morgan fingerprint density at radius 1 is 0.571 bits per heavy atom. The number of benzene rings is 5. The molecule has 1 aliphatic carbocycles. The first kappa shape index (κ1) is 43.5. The second-order valence-electron chi connectivity index (χ2n) is 24.7. The molecule has 0 spiro atoms. The van der Waals surface area contributed by atoms with E-state index in [1.54, 1.807) is 0 Å². The molecule has 0 radical (unpaired) electrons. The summed E-state index contributed by atoms with van der Waals surface area (Å²) in [6, 6.07) is 38.5. The van der Waals surface area contributed by atoms with Gasteiger partial charge in [0, 0.05) is 39.3 Å². The Morgan fingerprint density at radius 2 is 1.10 bits per heavy atom. The molecule has 3 heterocycles. The topological polar surface area (TPSA) is 19.6 Å². The van der Waals surface area contributed by atoms with Crippen molar-refractivity contribution < 1.29 is 4.42 Å². The Hall–Kier alpha value is -4.74. The largest absolute Gasteiger partial charge is 0.472 e. The summed E-state index contributed by atoms with van der Waals surface area (Å²) in [5, 5.41) is 1.48. The lowest BCUT2D eigenvalue weighted by Crippen LogP contribution is -2.61. The highest BCUT2D eigenvalue weighted by Crippen LogP contribution is 2.55. The molecule has 5 aromatic carbocycles. The number of hydrogen-bond acceptors (Lipinski definition) is 3. The molecule has 63 heavy (non-hydrogen) atoms. The molecule has 1 aromatic heterocycles. The van der Waals surface area contributed by atoms with Crippen LogP contribution >= 0.6 is 0 Å². The maximum absolute atomic E-state index is 7.64. The molecule has 0 saturated carbocycles. The van der Waals surface area contributed by atoms with Gasteiger partial charge in [0.1, 0.15) is 5.76 Å². The van der Waals surface area contributed by atoms with Gasteiger partial charge < -0.3 is 14.2 Å². The van der Waals surface area contributed by atoms with Crippen LogP contribution in [0.5, 0.6) is 0 Å². The number of rotatable bonds is 4. The van der Waals surface area contributed by atoms with Gasteiger partial charge in [-0.2, -0.15) is 0 Å². The monoisotopic (exact) mass is 851 g/mol. The third kappa shape index (κ3) is 7.16. The van der Waals surface area contributed by atoms with Crippen molar-refractivity contribution in [3.05, 3.63) is 131 Å². The maximum Gasteiger partial charge on any atom is 0.297 e. The van der Waals surface area contributed by atoms with Crippen molar-refractivity contribution in [2.75, 3.05) is 9.80 Å². The van der Waals surface area contributed by atoms with E-state index < -0.39 is 8.07 Å². The SMILES string of the molecule is Cc1cc2c3c(c1)N(c1ccc(C(C)(C)C)cc1)c1c(oc4c1C(C)(C)CCC4(C)C)B3c1cc(C(C)(C)C)ccc1N2c1ccc(C(C)(C)C)cc1-c1ccc([Si](C)(C)C)cc1. The first-order chi connectivity index (χ1) is 29.2. The van der Waals surface area contributed by atoms with E-state index in [0.717, 1.165) is 24.3 Å². The smallest absolute Gasteiger partial charge is 0.297 e. The number of hydrogen-bond donors (Lipinski definition) is 0. The molecule has 0 N–H and O–H groups in total. The Kier molecular flexibility index (Phi) is 9.76. The van der Waals surface area contributed by atoms with Gasteiger partial charge in [-0.1, -0.05) is 169 Å². The van der Waals surface area contributed by atoms with Crippen molar-refractivity contribution in [2.24, 2.45) is 0 Å². The Balaban J connectivity index is 1.40. The molecule has 0 fully saturated rings. The fraction of sp³-hybridized carbons (Fsp3) is 0.414. The van der Waals surface area contributed by atoms with Crippen LogP contribution in [-0.4, -0.2) is 14.8 Å². The van der Waals surface area contributed by atoms with Crippen molar-refractivity contribution in [1.29, 1.82) is 0 Å². The molecule has 6 aromatic rings. The highest BCUT2D eigenvalue weighted by molar-refractivity contribution is 6.99. The molecular formula is C58H71BN2OSi. The first-order valence-electron chi connectivity index (χ1n) is 23.6. The normalized spacial score (nSPS) is 16.7. The quantitative estimate of drug-likeness (QED) is 0.165. The molecular weight excluding hydrogens is 780 g/mol. The van der Waals surface area contributed by atoms with Gasteiger partial charge in [0.15, 0.2) is 0 Å². The van der Waals surface area contributed by atoms with Crippen molar-refractivity contribution in [1.82, 2.24) is 0 Å². The van der Waals surface area contributed by atoms with Crippen LogP contribution in [0.25, 0.3) is 11.1 Å². The fourth-order valence-electron chi connectivity index (χ4n) is 10.6. The summed E-state index contributed by atoms with van der Waals surface area (Å²) in [5.74, 6) is 1.16. The number of aryl methyl sites for hydroxylation is 1. The van der Waals surface area contributed by atoms with Crippen LogP contribution in [0.1, 0.15) is 136 Å². The molecule has 326 valence electrons. The van der Waals surface area contributed by atoms with E-state index in [4.69, 9.17) is 4.42 Å².